The average Bonchev–Trinajstić information content (AvgIpc) is 2.96. The van der Waals surface area contributed by atoms with Gasteiger partial charge in [0.2, 0.25) is 0 Å². The Labute approximate surface area is 151 Å². The first-order valence-corrected chi connectivity index (χ1v) is 8.13. The van der Waals surface area contributed by atoms with Crippen molar-refractivity contribution in [2.45, 2.75) is 19.4 Å². The molecule has 0 fully saturated rings. The number of benzene rings is 1. The molecule has 0 bridgehead atoms. The van der Waals surface area contributed by atoms with E-state index in [2.05, 4.69) is 16.0 Å². The monoisotopic (exact) mass is 368 g/mol. The van der Waals surface area contributed by atoms with Crippen molar-refractivity contribution in [1.82, 2.24) is 5.32 Å². The van der Waals surface area contributed by atoms with Crippen molar-refractivity contribution < 1.29 is 9.59 Å². The summed E-state index contributed by atoms with van der Waals surface area (Å²) in [6, 6.07) is 12.2. The van der Waals surface area contributed by atoms with Crippen molar-refractivity contribution >= 4 is 46.4 Å². The van der Waals surface area contributed by atoms with Crippen LogP contribution >= 0.6 is 23.7 Å². The van der Waals surface area contributed by atoms with Gasteiger partial charge in [0.1, 0.15) is 0 Å². The van der Waals surface area contributed by atoms with Crippen LogP contribution in [0.3, 0.4) is 0 Å². The number of halogens is 1. The summed E-state index contributed by atoms with van der Waals surface area (Å²) in [5.41, 5.74) is 6.34. The van der Waals surface area contributed by atoms with Gasteiger partial charge in [-0.1, -0.05) is 18.2 Å². The molecule has 1 aromatic carbocycles. The van der Waals surface area contributed by atoms with E-state index in [9.17, 15) is 9.59 Å². The largest absolute Gasteiger partial charge is 0.351 e. The van der Waals surface area contributed by atoms with Crippen LogP contribution < -0.4 is 21.7 Å². The van der Waals surface area contributed by atoms with E-state index in [0.717, 1.165) is 6.42 Å². The number of urea groups is 1. The van der Waals surface area contributed by atoms with Crippen molar-refractivity contribution in [1.29, 1.82) is 0 Å². The van der Waals surface area contributed by atoms with Crippen molar-refractivity contribution in [2.75, 3.05) is 17.2 Å². The minimum Gasteiger partial charge on any atom is -0.351 e. The molecule has 8 heteroatoms. The molecule has 2 aromatic rings. The predicted molar refractivity (Wildman–Crippen MR) is 101 cm³/mol. The molecule has 0 aliphatic carbocycles. The Kier molecular flexibility index (Phi) is 8.25. The van der Waals surface area contributed by atoms with Crippen LogP contribution in [0.1, 0.15) is 23.0 Å². The number of thiophene rings is 1. The second-order valence-electron chi connectivity index (χ2n) is 5.13. The molecule has 2 rings (SSSR count). The summed E-state index contributed by atoms with van der Waals surface area (Å²) in [5.74, 6) is -0.160. The number of nitrogens with two attached hydrogens (primary N) is 1. The fraction of sp³-hybridized carbons (Fsp3) is 0.250. The van der Waals surface area contributed by atoms with E-state index < -0.39 is 0 Å². The topological polar surface area (TPSA) is 96.2 Å². The number of nitrogens with one attached hydrogen (secondary N) is 3. The maximum atomic E-state index is 11.9. The maximum absolute atomic E-state index is 11.9. The lowest BCUT2D eigenvalue weighted by Crippen LogP contribution is -2.28. The molecule has 3 amide bonds. The van der Waals surface area contributed by atoms with E-state index in [1.165, 1.54) is 11.3 Å². The number of rotatable bonds is 6. The van der Waals surface area contributed by atoms with Gasteiger partial charge in [-0.25, -0.2) is 4.79 Å². The number of anilines is 2. The minimum absolute atomic E-state index is 0. The number of carbonyl (C=O) groups is 2. The Morgan fingerprint density at radius 2 is 1.83 bits per heavy atom. The highest BCUT2D eigenvalue weighted by Crippen LogP contribution is 2.22. The van der Waals surface area contributed by atoms with Crippen LogP contribution in [-0.4, -0.2) is 24.5 Å². The second-order valence-corrected chi connectivity index (χ2v) is 6.21. The molecule has 24 heavy (non-hydrogen) atoms. The Morgan fingerprint density at radius 1 is 1.12 bits per heavy atom. The summed E-state index contributed by atoms with van der Waals surface area (Å²) in [7, 11) is 0. The van der Waals surface area contributed by atoms with Gasteiger partial charge in [-0.2, -0.15) is 0 Å². The number of hydrogen-bond acceptors (Lipinski definition) is 4. The van der Waals surface area contributed by atoms with E-state index in [1.807, 2.05) is 25.1 Å². The molecular weight excluding hydrogens is 348 g/mol. The lowest BCUT2D eigenvalue weighted by molar-refractivity contribution is 0.0957. The van der Waals surface area contributed by atoms with Gasteiger partial charge in [-0.3, -0.25) is 10.1 Å². The van der Waals surface area contributed by atoms with Crippen LogP contribution in [0.25, 0.3) is 0 Å². The molecule has 0 spiro atoms. The molecule has 1 heterocycles. The fourth-order valence-corrected chi connectivity index (χ4v) is 2.64. The smallest absolute Gasteiger partial charge is 0.324 e. The standard InChI is InChI=1S/C16H20N4O2S.ClH/c1-11(17)9-10-18-15(21)13-7-8-14(23-13)20-16(22)19-12-5-3-2-4-6-12;/h2-8,11H,9-10,17H2,1H3,(H,18,21)(H2,19,20,22);1H. The van der Waals surface area contributed by atoms with Crippen molar-refractivity contribution in [3.8, 4) is 0 Å². The Balaban J connectivity index is 0.00000288. The average molecular weight is 369 g/mol. The van der Waals surface area contributed by atoms with Crippen LogP contribution in [0, 0.1) is 0 Å². The number of hydrogen-bond donors (Lipinski definition) is 4. The van der Waals surface area contributed by atoms with Crippen LogP contribution in [0.4, 0.5) is 15.5 Å². The summed E-state index contributed by atoms with van der Waals surface area (Å²) in [4.78, 5) is 24.4. The molecule has 1 aromatic heterocycles. The highest BCUT2D eigenvalue weighted by atomic mass is 35.5. The number of para-hydroxylation sites is 1. The third kappa shape index (κ3) is 6.57. The summed E-state index contributed by atoms with van der Waals surface area (Å²) < 4.78 is 0. The third-order valence-corrected chi connectivity index (χ3v) is 3.98. The third-order valence-electron chi connectivity index (χ3n) is 2.98. The first kappa shape index (κ1) is 20.0. The quantitative estimate of drug-likeness (QED) is 0.630. The molecule has 6 nitrogen and oxygen atoms in total. The normalized spacial score (nSPS) is 11.1. The molecule has 130 valence electrons. The van der Waals surface area contributed by atoms with Gasteiger partial charge >= 0.3 is 6.03 Å². The van der Waals surface area contributed by atoms with Crippen LogP contribution in [0.5, 0.6) is 0 Å². The highest BCUT2D eigenvalue weighted by Gasteiger charge is 2.10. The van der Waals surface area contributed by atoms with Crippen molar-refractivity contribution in [3.05, 3.63) is 47.3 Å². The van der Waals surface area contributed by atoms with Gasteiger partial charge in [0.05, 0.1) is 9.88 Å². The minimum atomic E-state index is -0.345. The van der Waals surface area contributed by atoms with E-state index in [-0.39, 0.29) is 30.4 Å². The van der Waals surface area contributed by atoms with E-state index >= 15 is 0 Å². The summed E-state index contributed by atoms with van der Waals surface area (Å²) in [5, 5.41) is 8.83. The molecular formula is C16H21ClN4O2S. The molecule has 5 N–H and O–H groups in total. The van der Waals surface area contributed by atoms with Gasteiger partial charge < -0.3 is 16.4 Å². The molecule has 0 aliphatic rings. The van der Waals surface area contributed by atoms with Crippen LogP contribution in [0.2, 0.25) is 0 Å². The Bertz CT molecular complexity index is 661. The summed E-state index contributed by atoms with van der Waals surface area (Å²) in [6.45, 7) is 2.43. The fourth-order valence-electron chi connectivity index (χ4n) is 1.82. The molecule has 1 unspecified atom stereocenters. The number of amides is 3. The van der Waals surface area contributed by atoms with E-state index in [1.54, 1.807) is 24.3 Å². The SMILES string of the molecule is CC(N)CCNC(=O)c1ccc(NC(=O)Nc2ccccc2)s1.Cl. The maximum Gasteiger partial charge on any atom is 0.324 e. The molecule has 0 aliphatic heterocycles. The van der Waals surface area contributed by atoms with Gasteiger partial charge in [0.25, 0.3) is 5.91 Å². The zero-order valence-electron chi connectivity index (χ0n) is 13.2. The zero-order chi connectivity index (χ0) is 16.7. The second kappa shape index (κ2) is 9.92. The highest BCUT2D eigenvalue weighted by molar-refractivity contribution is 7.18. The van der Waals surface area contributed by atoms with E-state index in [4.69, 9.17) is 5.73 Å². The Hall–Kier alpha value is -2.09. The van der Waals surface area contributed by atoms with Crippen LogP contribution in [0.15, 0.2) is 42.5 Å². The summed E-state index contributed by atoms with van der Waals surface area (Å²) in [6.07, 6.45) is 0.724. The molecule has 0 radical (unpaired) electrons. The van der Waals surface area contributed by atoms with Crippen molar-refractivity contribution in [3.63, 3.8) is 0 Å². The first-order chi connectivity index (χ1) is 11.0. The lowest BCUT2D eigenvalue weighted by atomic mass is 10.2. The van der Waals surface area contributed by atoms with Gasteiger partial charge in [0.15, 0.2) is 0 Å². The summed E-state index contributed by atoms with van der Waals surface area (Å²) >= 11 is 1.22. The lowest BCUT2D eigenvalue weighted by Gasteiger charge is -2.06. The van der Waals surface area contributed by atoms with Gasteiger partial charge in [-0.15, -0.1) is 23.7 Å². The van der Waals surface area contributed by atoms with E-state index in [0.29, 0.717) is 22.1 Å². The van der Waals surface area contributed by atoms with Gasteiger partial charge in [-0.05, 0) is 37.6 Å². The molecule has 0 saturated carbocycles. The molecule has 1 atom stereocenters. The predicted octanol–water partition coefficient (Wildman–Crippen LogP) is 3.28. The molecule has 0 saturated heterocycles. The van der Waals surface area contributed by atoms with Crippen molar-refractivity contribution in [2.24, 2.45) is 5.73 Å². The van der Waals surface area contributed by atoms with Crippen LogP contribution in [-0.2, 0) is 0 Å². The first-order valence-electron chi connectivity index (χ1n) is 7.31. The number of carbonyl (C=O) groups excluding carboxylic acids is 2. The zero-order valence-corrected chi connectivity index (χ0v) is 14.9. The Morgan fingerprint density at radius 3 is 2.50 bits per heavy atom. The van der Waals surface area contributed by atoms with Gasteiger partial charge in [0, 0.05) is 18.3 Å².